The second-order valence-corrected chi connectivity index (χ2v) is 6.17. The zero-order valence-corrected chi connectivity index (χ0v) is 13.3. The van der Waals surface area contributed by atoms with Crippen LogP contribution < -0.4 is 10.6 Å². The van der Waals surface area contributed by atoms with E-state index in [2.05, 4.69) is 11.0 Å². The highest BCUT2D eigenvalue weighted by Crippen LogP contribution is 2.38. The molecule has 1 aliphatic heterocycles. The normalized spacial score (nSPS) is 13.5. The molecule has 0 amide bonds. The average Bonchev–Trinajstić information content (AvgIpc) is 2.65. The lowest BCUT2D eigenvalue weighted by Gasteiger charge is -2.27. The van der Waals surface area contributed by atoms with Crippen molar-refractivity contribution >= 4 is 23.0 Å². The molecule has 0 radical (unpaired) electrons. The van der Waals surface area contributed by atoms with Crippen LogP contribution in [0.15, 0.2) is 36.4 Å². The Balaban J connectivity index is 2.05. The number of aromatic hydroxyl groups is 1. The third kappa shape index (κ3) is 3.06. The van der Waals surface area contributed by atoms with Crippen molar-refractivity contribution in [1.29, 1.82) is 0 Å². The Morgan fingerprint density at radius 1 is 1.00 bits per heavy atom. The first-order chi connectivity index (χ1) is 10.7. The van der Waals surface area contributed by atoms with Gasteiger partial charge in [0.1, 0.15) is 5.75 Å². The number of fused-ring (bicyclic) bond motifs is 2. The van der Waals surface area contributed by atoms with Gasteiger partial charge in [-0.25, -0.2) is 0 Å². The molecular formula is C18H21ClN2O. The fraction of sp³-hybridized carbons (Fsp3) is 0.333. The summed E-state index contributed by atoms with van der Waals surface area (Å²) in [7, 11) is 0. The molecule has 0 aromatic heterocycles. The van der Waals surface area contributed by atoms with Gasteiger partial charge in [-0.1, -0.05) is 17.7 Å². The van der Waals surface area contributed by atoms with E-state index in [4.69, 9.17) is 17.3 Å². The minimum Gasteiger partial charge on any atom is -0.508 e. The predicted molar refractivity (Wildman–Crippen MR) is 92.3 cm³/mol. The largest absolute Gasteiger partial charge is 0.508 e. The SMILES string of the molecule is NCCCCN1c2ccc(O)cc2CCc2ccc(Cl)cc21. The minimum atomic E-state index is 0.324. The van der Waals surface area contributed by atoms with E-state index in [0.29, 0.717) is 12.3 Å². The Labute approximate surface area is 136 Å². The lowest BCUT2D eigenvalue weighted by atomic mass is 10.0. The Morgan fingerprint density at radius 3 is 2.64 bits per heavy atom. The Bertz CT molecular complexity index is 672. The van der Waals surface area contributed by atoms with Crippen LogP contribution in [0.5, 0.6) is 5.75 Å². The minimum absolute atomic E-state index is 0.324. The topological polar surface area (TPSA) is 49.5 Å². The second kappa shape index (κ2) is 6.59. The van der Waals surface area contributed by atoms with Crippen molar-refractivity contribution in [3.05, 3.63) is 52.5 Å². The number of hydrogen-bond donors (Lipinski definition) is 2. The molecule has 4 heteroatoms. The van der Waals surface area contributed by atoms with Gasteiger partial charge in [0.2, 0.25) is 0 Å². The van der Waals surface area contributed by atoms with Gasteiger partial charge in [0, 0.05) is 22.9 Å². The summed E-state index contributed by atoms with van der Waals surface area (Å²) in [6.45, 7) is 1.61. The molecule has 0 saturated heterocycles. The molecule has 2 aromatic carbocycles. The van der Waals surface area contributed by atoms with Crippen LogP contribution in [0.25, 0.3) is 0 Å². The van der Waals surface area contributed by atoms with E-state index in [9.17, 15) is 5.11 Å². The molecule has 0 unspecified atom stereocenters. The molecule has 3 nitrogen and oxygen atoms in total. The van der Waals surface area contributed by atoms with Gasteiger partial charge in [0.05, 0.1) is 0 Å². The molecule has 22 heavy (non-hydrogen) atoms. The van der Waals surface area contributed by atoms with Crippen LogP contribution in [-0.2, 0) is 12.8 Å². The molecule has 3 rings (SSSR count). The van der Waals surface area contributed by atoms with Crippen molar-refractivity contribution < 1.29 is 5.11 Å². The van der Waals surface area contributed by atoms with E-state index < -0.39 is 0 Å². The van der Waals surface area contributed by atoms with E-state index in [1.165, 1.54) is 16.8 Å². The Hall–Kier alpha value is -1.71. The van der Waals surface area contributed by atoms with Crippen LogP contribution in [0.2, 0.25) is 5.02 Å². The van der Waals surface area contributed by atoms with Crippen molar-refractivity contribution in [2.75, 3.05) is 18.0 Å². The van der Waals surface area contributed by atoms with Gasteiger partial charge in [0.15, 0.2) is 0 Å². The zero-order chi connectivity index (χ0) is 15.5. The van der Waals surface area contributed by atoms with Crippen LogP contribution in [-0.4, -0.2) is 18.2 Å². The summed E-state index contributed by atoms with van der Waals surface area (Å²) in [4.78, 5) is 2.32. The van der Waals surface area contributed by atoms with Crippen molar-refractivity contribution in [2.24, 2.45) is 5.73 Å². The van der Waals surface area contributed by atoms with E-state index in [0.717, 1.165) is 42.9 Å². The number of unbranched alkanes of at least 4 members (excludes halogenated alkanes) is 1. The average molecular weight is 317 g/mol. The predicted octanol–water partition coefficient (Wildman–Crippen LogP) is 4.02. The zero-order valence-electron chi connectivity index (χ0n) is 12.6. The lowest BCUT2D eigenvalue weighted by molar-refractivity contribution is 0.474. The van der Waals surface area contributed by atoms with Crippen molar-refractivity contribution in [2.45, 2.75) is 25.7 Å². The number of rotatable bonds is 4. The van der Waals surface area contributed by atoms with Gasteiger partial charge in [-0.3, -0.25) is 0 Å². The molecule has 0 bridgehead atoms. The Morgan fingerprint density at radius 2 is 1.82 bits per heavy atom. The number of nitrogens with two attached hydrogens (primary N) is 1. The lowest BCUT2D eigenvalue weighted by Crippen LogP contribution is -2.20. The molecule has 0 atom stereocenters. The molecule has 0 aliphatic carbocycles. The first-order valence-corrected chi connectivity index (χ1v) is 8.15. The number of anilines is 2. The fourth-order valence-electron chi connectivity index (χ4n) is 3.09. The standard InChI is InChI=1S/C18H21ClN2O/c19-15-6-5-13-3-4-14-11-16(22)7-8-17(14)21(18(13)12-15)10-2-1-9-20/h5-8,11-12,22H,1-4,9-10,20H2. The number of hydrogen-bond acceptors (Lipinski definition) is 3. The number of phenolic OH excluding ortho intramolecular Hbond substituents is 1. The highest BCUT2D eigenvalue weighted by atomic mass is 35.5. The highest BCUT2D eigenvalue weighted by Gasteiger charge is 2.21. The van der Waals surface area contributed by atoms with Gasteiger partial charge in [-0.15, -0.1) is 0 Å². The van der Waals surface area contributed by atoms with Crippen LogP contribution in [0, 0.1) is 0 Å². The summed E-state index contributed by atoms with van der Waals surface area (Å²) in [5, 5.41) is 10.5. The second-order valence-electron chi connectivity index (χ2n) is 5.73. The summed E-state index contributed by atoms with van der Waals surface area (Å²) in [6.07, 6.45) is 3.91. The monoisotopic (exact) mass is 316 g/mol. The first-order valence-electron chi connectivity index (χ1n) is 7.77. The number of phenols is 1. The molecule has 0 spiro atoms. The number of benzene rings is 2. The van der Waals surface area contributed by atoms with Gasteiger partial charge in [-0.2, -0.15) is 0 Å². The molecular weight excluding hydrogens is 296 g/mol. The first kappa shape index (κ1) is 15.2. The summed E-state index contributed by atoms with van der Waals surface area (Å²) < 4.78 is 0. The van der Waals surface area contributed by atoms with Crippen LogP contribution >= 0.6 is 11.6 Å². The number of halogens is 1. The van der Waals surface area contributed by atoms with Gasteiger partial charge >= 0.3 is 0 Å². The molecule has 1 heterocycles. The molecule has 0 saturated carbocycles. The molecule has 116 valence electrons. The fourth-order valence-corrected chi connectivity index (χ4v) is 3.26. The summed E-state index contributed by atoms with van der Waals surface area (Å²) in [6, 6.07) is 11.7. The van der Waals surface area contributed by atoms with Gasteiger partial charge in [0.25, 0.3) is 0 Å². The van der Waals surface area contributed by atoms with Crippen LogP contribution in [0.1, 0.15) is 24.0 Å². The summed E-state index contributed by atoms with van der Waals surface area (Å²) >= 11 is 6.22. The number of aryl methyl sites for hydroxylation is 2. The maximum absolute atomic E-state index is 9.79. The highest BCUT2D eigenvalue weighted by molar-refractivity contribution is 6.30. The quantitative estimate of drug-likeness (QED) is 0.838. The molecule has 0 fully saturated rings. The summed E-state index contributed by atoms with van der Waals surface area (Å²) in [5.41, 5.74) is 10.5. The van der Waals surface area contributed by atoms with Crippen LogP contribution in [0.3, 0.4) is 0 Å². The maximum atomic E-state index is 9.79. The molecule has 3 N–H and O–H groups in total. The van der Waals surface area contributed by atoms with E-state index in [-0.39, 0.29) is 0 Å². The Kier molecular flexibility index (Phi) is 4.55. The number of nitrogens with zero attached hydrogens (tertiary/aromatic N) is 1. The van der Waals surface area contributed by atoms with Crippen LogP contribution in [0.4, 0.5) is 11.4 Å². The van der Waals surface area contributed by atoms with Crippen molar-refractivity contribution in [3.8, 4) is 5.75 Å². The maximum Gasteiger partial charge on any atom is 0.116 e. The van der Waals surface area contributed by atoms with Gasteiger partial charge < -0.3 is 15.7 Å². The molecule has 2 aromatic rings. The van der Waals surface area contributed by atoms with E-state index >= 15 is 0 Å². The van der Waals surface area contributed by atoms with Crippen molar-refractivity contribution in [1.82, 2.24) is 0 Å². The molecule has 1 aliphatic rings. The third-order valence-corrected chi connectivity index (χ3v) is 4.43. The van der Waals surface area contributed by atoms with E-state index in [1.54, 1.807) is 6.07 Å². The summed E-state index contributed by atoms with van der Waals surface area (Å²) in [5.74, 6) is 0.324. The van der Waals surface area contributed by atoms with Gasteiger partial charge in [-0.05, 0) is 73.7 Å². The third-order valence-electron chi connectivity index (χ3n) is 4.19. The smallest absolute Gasteiger partial charge is 0.116 e. The van der Waals surface area contributed by atoms with E-state index in [1.807, 2.05) is 24.3 Å². The van der Waals surface area contributed by atoms with Crippen molar-refractivity contribution in [3.63, 3.8) is 0 Å².